The van der Waals surface area contributed by atoms with Gasteiger partial charge in [-0.2, -0.15) is 13.2 Å². The maximum Gasteiger partial charge on any atom is 0.411 e. The number of Topliss-reactive ketones (excluding diaryl/α,β-unsaturated/α-hetero) is 1. The van der Waals surface area contributed by atoms with E-state index in [2.05, 4.69) is 4.74 Å². The maximum atomic E-state index is 12.0. The van der Waals surface area contributed by atoms with Crippen molar-refractivity contribution in [1.29, 1.82) is 0 Å². The summed E-state index contributed by atoms with van der Waals surface area (Å²) < 4.78 is 45.9. The van der Waals surface area contributed by atoms with Gasteiger partial charge in [0.25, 0.3) is 0 Å². The number of halogens is 3. The van der Waals surface area contributed by atoms with Gasteiger partial charge in [0.1, 0.15) is 12.4 Å². The smallest absolute Gasteiger partial charge is 0.411 e. The lowest BCUT2D eigenvalue weighted by atomic mass is 10.1. The van der Waals surface area contributed by atoms with Crippen molar-refractivity contribution in [3.8, 4) is 5.75 Å². The van der Waals surface area contributed by atoms with E-state index in [1.54, 1.807) is 19.1 Å². The van der Waals surface area contributed by atoms with Crippen LogP contribution in [0, 0.1) is 0 Å². The minimum absolute atomic E-state index is 0.167. The fourth-order valence-corrected chi connectivity index (χ4v) is 1.48. The molecule has 0 amide bonds. The highest BCUT2D eigenvalue weighted by Crippen LogP contribution is 2.23. The normalized spacial score (nSPS) is 11.4. The van der Waals surface area contributed by atoms with E-state index in [0.29, 0.717) is 23.5 Å². The van der Waals surface area contributed by atoms with E-state index >= 15 is 0 Å². The van der Waals surface area contributed by atoms with Crippen molar-refractivity contribution < 1.29 is 27.4 Å². The molecule has 0 atom stereocenters. The molecule has 0 fully saturated rings. The van der Waals surface area contributed by atoms with Gasteiger partial charge in [-0.1, -0.05) is 0 Å². The zero-order chi connectivity index (χ0) is 14.5. The van der Waals surface area contributed by atoms with Gasteiger partial charge >= 0.3 is 6.18 Å². The molecule has 0 aromatic heterocycles. The Kier molecular flexibility index (Phi) is 5.35. The lowest BCUT2D eigenvalue weighted by molar-refractivity contribution is -0.176. The number of ketones is 1. The summed E-state index contributed by atoms with van der Waals surface area (Å²) in [6, 6.07) is 4.62. The number of carbonyl (C=O) groups is 1. The van der Waals surface area contributed by atoms with E-state index in [0.717, 1.165) is 0 Å². The Morgan fingerprint density at radius 3 is 2.53 bits per heavy atom. The molecule has 0 saturated carbocycles. The van der Waals surface area contributed by atoms with Gasteiger partial charge in [-0.25, -0.2) is 0 Å². The van der Waals surface area contributed by atoms with E-state index in [-0.39, 0.29) is 12.4 Å². The molecule has 106 valence electrons. The Balaban J connectivity index is 2.82. The van der Waals surface area contributed by atoms with Crippen molar-refractivity contribution in [2.24, 2.45) is 0 Å². The molecule has 0 aliphatic carbocycles. The molecule has 0 radical (unpaired) electrons. The Labute approximate surface area is 109 Å². The second-order valence-electron chi connectivity index (χ2n) is 3.92. The average molecular weight is 276 g/mol. The van der Waals surface area contributed by atoms with Crippen LogP contribution in [-0.4, -0.2) is 25.2 Å². The van der Waals surface area contributed by atoms with Gasteiger partial charge in [0.15, 0.2) is 5.78 Å². The molecular weight excluding hydrogens is 261 g/mol. The summed E-state index contributed by atoms with van der Waals surface area (Å²) in [6.45, 7) is 1.94. The summed E-state index contributed by atoms with van der Waals surface area (Å²) in [5.41, 5.74) is 0.841. The van der Waals surface area contributed by atoms with Crippen LogP contribution in [0.4, 0.5) is 13.2 Å². The number of alkyl halides is 3. The molecule has 1 aromatic carbocycles. The van der Waals surface area contributed by atoms with E-state index < -0.39 is 12.8 Å². The maximum absolute atomic E-state index is 12.0. The summed E-state index contributed by atoms with van der Waals surface area (Å²) in [7, 11) is 0. The number of rotatable bonds is 6. The van der Waals surface area contributed by atoms with Gasteiger partial charge in [-0.05, 0) is 32.0 Å². The largest absolute Gasteiger partial charge is 0.494 e. The van der Waals surface area contributed by atoms with Crippen LogP contribution in [0.1, 0.15) is 29.8 Å². The Hall–Kier alpha value is -1.56. The van der Waals surface area contributed by atoms with Crippen molar-refractivity contribution in [3.63, 3.8) is 0 Å². The molecule has 3 nitrogen and oxygen atoms in total. The molecule has 0 unspecified atom stereocenters. The van der Waals surface area contributed by atoms with Crippen LogP contribution >= 0.6 is 0 Å². The fraction of sp³-hybridized carbons (Fsp3) is 0.462. The van der Waals surface area contributed by atoms with Crippen molar-refractivity contribution in [2.75, 3.05) is 13.2 Å². The molecule has 0 heterocycles. The number of ether oxygens (including phenoxy) is 2. The summed E-state index contributed by atoms with van der Waals surface area (Å²) in [5, 5.41) is 0. The Bertz CT molecular complexity index is 441. The van der Waals surface area contributed by atoms with Crippen LogP contribution in [0.5, 0.6) is 5.75 Å². The minimum Gasteiger partial charge on any atom is -0.494 e. The highest BCUT2D eigenvalue weighted by Gasteiger charge is 2.27. The molecule has 0 aliphatic rings. The van der Waals surface area contributed by atoms with Gasteiger partial charge in [0.05, 0.1) is 13.2 Å². The topological polar surface area (TPSA) is 35.5 Å². The number of hydrogen-bond donors (Lipinski definition) is 0. The van der Waals surface area contributed by atoms with Crippen molar-refractivity contribution in [2.45, 2.75) is 26.6 Å². The third-order valence-electron chi connectivity index (χ3n) is 2.29. The summed E-state index contributed by atoms with van der Waals surface area (Å²) in [5.74, 6) is 0.259. The van der Waals surface area contributed by atoms with E-state index in [9.17, 15) is 18.0 Å². The fourth-order valence-electron chi connectivity index (χ4n) is 1.48. The number of hydrogen-bond acceptors (Lipinski definition) is 3. The molecule has 0 bridgehead atoms. The minimum atomic E-state index is -4.37. The van der Waals surface area contributed by atoms with Crippen LogP contribution in [0.3, 0.4) is 0 Å². The van der Waals surface area contributed by atoms with Crippen LogP contribution in [-0.2, 0) is 11.3 Å². The Morgan fingerprint density at radius 1 is 1.32 bits per heavy atom. The SMILES string of the molecule is CCOc1ccc(C(C)=O)cc1COCC(F)(F)F. The lowest BCUT2D eigenvalue weighted by Gasteiger charge is -2.12. The molecule has 0 saturated heterocycles. The molecular formula is C13H15F3O3. The lowest BCUT2D eigenvalue weighted by Crippen LogP contribution is -2.17. The highest BCUT2D eigenvalue weighted by atomic mass is 19.4. The second kappa shape index (κ2) is 6.56. The summed E-state index contributed by atoms with van der Waals surface area (Å²) in [6.07, 6.45) is -4.37. The van der Waals surface area contributed by atoms with Crippen LogP contribution in [0.25, 0.3) is 0 Å². The van der Waals surface area contributed by atoms with E-state index in [1.165, 1.54) is 13.0 Å². The second-order valence-corrected chi connectivity index (χ2v) is 3.92. The molecule has 0 aliphatic heterocycles. The number of carbonyl (C=O) groups excluding carboxylic acids is 1. The third-order valence-corrected chi connectivity index (χ3v) is 2.29. The van der Waals surface area contributed by atoms with Crippen LogP contribution < -0.4 is 4.74 Å². The summed E-state index contributed by atoms with van der Waals surface area (Å²) in [4.78, 5) is 11.2. The molecule has 6 heteroatoms. The quantitative estimate of drug-likeness (QED) is 0.747. The highest BCUT2D eigenvalue weighted by molar-refractivity contribution is 5.94. The average Bonchev–Trinajstić information content (AvgIpc) is 2.29. The molecule has 1 rings (SSSR count). The predicted molar refractivity (Wildman–Crippen MR) is 63.3 cm³/mol. The third kappa shape index (κ3) is 5.30. The van der Waals surface area contributed by atoms with E-state index in [1.807, 2.05) is 0 Å². The van der Waals surface area contributed by atoms with Gasteiger partial charge in [0.2, 0.25) is 0 Å². The van der Waals surface area contributed by atoms with Gasteiger partial charge in [-0.15, -0.1) is 0 Å². The Morgan fingerprint density at radius 2 is 2.00 bits per heavy atom. The van der Waals surface area contributed by atoms with Crippen molar-refractivity contribution in [1.82, 2.24) is 0 Å². The van der Waals surface area contributed by atoms with Crippen molar-refractivity contribution in [3.05, 3.63) is 29.3 Å². The van der Waals surface area contributed by atoms with Gasteiger partial charge in [-0.3, -0.25) is 4.79 Å². The first kappa shape index (κ1) is 15.5. The van der Waals surface area contributed by atoms with Crippen LogP contribution in [0.2, 0.25) is 0 Å². The van der Waals surface area contributed by atoms with Gasteiger partial charge < -0.3 is 9.47 Å². The van der Waals surface area contributed by atoms with Crippen LogP contribution in [0.15, 0.2) is 18.2 Å². The molecule has 0 spiro atoms. The molecule has 1 aromatic rings. The van der Waals surface area contributed by atoms with Gasteiger partial charge in [0, 0.05) is 11.1 Å². The molecule has 0 N–H and O–H groups in total. The predicted octanol–water partition coefficient (Wildman–Crippen LogP) is 3.37. The first-order valence-corrected chi connectivity index (χ1v) is 5.74. The van der Waals surface area contributed by atoms with Crippen molar-refractivity contribution >= 4 is 5.78 Å². The number of benzene rings is 1. The first-order chi connectivity index (χ1) is 8.83. The zero-order valence-corrected chi connectivity index (χ0v) is 10.7. The standard InChI is InChI=1S/C13H15F3O3/c1-3-19-12-5-4-10(9(2)17)6-11(12)7-18-8-13(14,15)16/h4-6H,3,7-8H2,1-2H3. The monoisotopic (exact) mass is 276 g/mol. The van der Waals surface area contributed by atoms with E-state index in [4.69, 9.17) is 4.74 Å². The first-order valence-electron chi connectivity index (χ1n) is 5.74. The zero-order valence-electron chi connectivity index (χ0n) is 10.7. The molecule has 19 heavy (non-hydrogen) atoms. The summed E-state index contributed by atoms with van der Waals surface area (Å²) >= 11 is 0.